The summed E-state index contributed by atoms with van der Waals surface area (Å²) in [5, 5.41) is 0. The molecule has 0 aliphatic rings. The number of ether oxygens (including phenoxy) is 1. The lowest BCUT2D eigenvalue weighted by Gasteiger charge is -2.16. The lowest BCUT2D eigenvalue weighted by molar-refractivity contribution is -0.146. The maximum atomic E-state index is 13.6. The predicted octanol–water partition coefficient (Wildman–Crippen LogP) is 3.78. The summed E-state index contributed by atoms with van der Waals surface area (Å²) in [6.45, 7) is 7.57. The minimum absolute atomic E-state index is 0.0725. The molecule has 0 aliphatic carbocycles. The van der Waals surface area contributed by atoms with Gasteiger partial charge in [-0.3, -0.25) is 9.36 Å². The summed E-state index contributed by atoms with van der Waals surface area (Å²) in [4.78, 5) is 44.0. The van der Waals surface area contributed by atoms with Gasteiger partial charge in [0.2, 0.25) is 0 Å². The van der Waals surface area contributed by atoms with Crippen LogP contribution >= 0.6 is 0 Å². The topological polar surface area (TPSA) is 88.1 Å². The Morgan fingerprint density at radius 1 is 1.03 bits per heavy atom. The second-order valence-electron chi connectivity index (χ2n) is 8.63. The molecule has 9 heteroatoms. The first-order valence-electron chi connectivity index (χ1n) is 11.5. The lowest BCUT2D eigenvalue weighted by atomic mass is 10.0. The zero-order valence-electron chi connectivity index (χ0n) is 20.1. The second kappa shape index (κ2) is 9.69. The Kier molecular flexibility index (Phi) is 6.68. The Bertz CT molecular complexity index is 1480. The van der Waals surface area contributed by atoms with Gasteiger partial charge in [-0.1, -0.05) is 38.1 Å². The Hall–Kier alpha value is -4.01. The minimum Gasteiger partial charge on any atom is -0.464 e. The lowest BCUT2D eigenvalue weighted by Crippen LogP contribution is -2.40. The molecule has 0 N–H and O–H groups in total. The molecule has 0 amide bonds. The molecule has 4 rings (SSSR count). The van der Waals surface area contributed by atoms with Crippen molar-refractivity contribution in [3.8, 4) is 5.69 Å². The van der Waals surface area contributed by atoms with E-state index in [9.17, 15) is 18.8 Å². The number of benzene rings is 2. The van der Waals surface area contributed by atoms with Gasteiger partial charge in [-0.15, -0.1) is 0 Å². The van der Waals surface area contributed by atoms with Crippen molar-refractivity contribution in [1.82, 2.24) is 18.7 Å². The number of fused-ring (bicyclic) bond motifs is 1. The van der Waals surface area contributed by atoms with Crippen LogP contribution in [0.25, 0.3) is 16.9 Å². The molecule has 0 saturated heterocycles. The van der Waals surface area contributed by atoms with E-state index in [0.717, 1.165) is 10.1 Å². The van der Waals surface area contributed by atoms with Crippen LogP contribution in [0.2, 0.25) is 0 Å². The maximum absolute atomic E-state index is 13.6. The van der Waals surface area contributed by atoms with Crippen molar-refractivity contribution in [2.45, 2.75) is 46.2 Å². The van der Waals surface area contributed by atoms with Crippen LogP contribution in [-0.2, 0) is 16.1 Å². The molecule has 2 aromatic heterocycles. The molecular weight excluding hydrogens is 451 g/mol. The van der Waals surface area contributed by atoms with Crippen molar-refractivity contribution in [2.24, 2.45) is 0 Å². The van der Waals surface area contributed by atoms with Gasteiger partial charge in [0.25, 0.3) is 5.56 Å². The fourth-order valence-corrected chi connectivity index (χ4v) is 3.97. The Morgan fingerprint density at radius 3 is 2.29 bits per heavy atom. The molecule has 1 atom stereocenters. The Labute approximate surface area is 201 Å². The highest BCUT2D eigenvalue weighted by Gasteiger charge is 2.25. The molecule has 35 heavy (non-hydrogen) atoms. The van der Waals surface area contributed by atoms with E-state index >= 15 is 0 Å². The van der Waals surface area contributed by atoms with Gasteiger partial charge < -0.3 is 9.30 Å². The highest BCUT2D eigenvalue weighted by atomic mass is 19.1. The van der Waals surface area contributed by atoms with Crippen molar-refractivity contribution in [1.29, 1.82) is 0 Å². The number of aromatic nitrogens is 4. The zero-order chi connectivity index (χ0) is 25.3. The number of nitrogens with zero attached hydrogens (tertiary/aromatic N) is 4. The van der Waals surface area contributed by atoms with E-state index in [-0.39, 0.29) is 24.3 Å². The van der Waals surface area contributed by atoms with Crippen LogP contribution in [0.5, 0.6) is 0 Å². The number of hydrogen-bond donors (Lipinski definition) is 0. The van der Waals surface area contributed by atoms with Crippen LogP contribution in [0.4, 0.5) is 4.39 Å². The van der Waals surface area contributed by atoms with Crippen molar-refractivity contribution in [2.75, 3.05) is 6.61 Å². The molecule has 0 radical (unpaired) electrons. The van der Waals surface area contributed by atoms with E-state index in [1.54, 1.807) is 26.0 Å². The van der Waals surface area contributed by atoms with E-state index in [2.05, 4.69) is 18.8 Å². The van der Waals surface area contributed by atoms with Crippen molar-refractivity contribution in [3.05, 3.63) is 92.6 Å². The summed E-state index contributed by atoms with van der Waals surface area (Å²) in [6.07, 6.45) is 1.37. The van der Waals surface area contributed by atoms with Gasteiger partial charge in [0.15, 0.2) is 11.2 Å². The Morgan fingerprint density at radius 2 is 1.69 bits per heavy atom. The number of imidazole rings is 1. The number of carbonyl (C=O) groups is 1. The predicted molar refractivity (Wildman–Crippen MR) is 131 cm³/mol. The summed E-state index contributed by atoms with van der Waals surface area (Å²) in [7, 11) is 0. The molecule has 0 aliphatic heterocycles. The van der Waals surface area contributed by atoms with Gasteiger partial charge in [-0.2, -0.15) is 0 Å². The summed E-state index contributed by atoms with van der Waals surface area (Å²) in [6, 6.07) is 12.2. The standard InChI is InChI=1S/C26H27FN4O4/c1-5-35-25(33)17(4)30-15-28-23-22(30)24(32)29(14-18-6-10-20(27)11-7-18)26(34)31(23)21-12-8-19(9-13-21)16(2)3/h6-13,15-17H,5,14H2,1-4H3/t17-/m0/s1. The van der Waals surface area contributed by atoms with E-state index in [0.29, 0.717) is 17.2 Å². The molecule has 4 aromatic rings. The van der Waals surface area contributed by atoms with Gasteiger partial charge in [0.05, 0.1) is 25.2 Å². The van der Waals surface area contributed by atoms with E-state index < -0.39 is 29.1 Å². The molecule has 2 heterocycles. The summed E-state index contributed by atoms with van der Waals surface area (Å²) >= 11 is 0. The van der Waals surface area contributed by atoms with Crippen LogP contribution in [-0.4, -0.2) is 31.3 Å². The van der Waals surface area contributed by atoms with Crippen molar-refractivity contribution >= 4 is 17.1 Å². The quantitative estimate of drug-likeness (QED) is 0.377. The van der Waals surface area contributed by atoms with Crippen LogP contribution in [0.15, 0.2) is 64.4 Å². The zero-order valence-corrected chi connectivity index (χ0v) is 20.1. The summed E-state index contributed by atoms with van der Waals surface area (Å²) in [5.74, 6) is -0.631. The number of rotatable bonds is 7. The maximum Gasteiger partial charge on any atom is 0.337 e. The fraction of sp³-hybridized carbons (Fsp3) is 0.308. The molecular formula is C26H27FN4O4. The summed E-state index contributed by atoms with van der Waals surface area (Å²) < 4.78 is 22.4. The number of carbonyl (C=O) groups excluding carboxylic acids is 1. The average Bonchev–Trinajstić information content (AvgIpc) is 3.28. The summed E-state index contributed by atoms with van der Waals surface area (Å²) in [5.41, 5.74) is 1.27. The van der Waals surface area contributed by atoms with Crippen LogP contribution in [0, 0.1) is 5.82 Å². The van der Waals surface area contributed by atoms with Crippen molar-refractivity contribution < 1.29 is 13.9 Å². The number of esters is 1. The van der Waals surface area contributed by atoms with E-state index in [4.69, 9.17) is 4.74 Å². The second-order valence-corrected chi connectivity index (χ2v) is 8.63. The highest BCUT2D eigenvalue weighted by molar-refractivity contribution is 5.79. The van der Waals surface area contributed by atoms with E-state index in [1.165, 1.54) is 39.7 Å². The first-order valence-corrected chi connectivity index (χ1v) is 11.5. The third-order valence-electron chi connectivity index (χ3n) is 5.97. The normalized spacial score (nSPS) is 12.3. The highest BCUT2D eigenvalue weighted by Crippen LogP contribution is 2.20. The van der Waals surface area contributed by atoms with Gasteiger partial charge in [0.1, 0.15) is 11.9 Å². The largest absolute Gasteiger partial charge is 0.464 e. The minimum atomic E-state index is -0.832. The molecule has 0 saturated carbocycles. The number of hydrogen-bond acceptors (Lipinski definition) is 5. The molecule has 0 spiro atoms. The molecule has 8 nitrogen and oxygen atoms in total. The molecule has 0 unspecified atom stereocenters. The molecule has 0 bridgehead atoms. The average molecular weight is 479 g/mol. The first-order chi connectivity index (χ1) is 16.7. The third-order valence-corrected chi connectivity index (χ3v) is 5.97. The molecule has 182 valence electrons. The van der Waals surface area contributed by atoms with E-state index in [1.807, 2.05) is 12.1 Å². The smallest absolute Gasteiger partial charge is 0.337 e. The van der Waals surface area contributed by atoms with Crippen LogP contribution in [0.3, 0.4) is 0 Å². The van der Waals surface area contributed by atoms with Crippen molar-refractivity contribution in [3.63, 3.8) is 0 Å². The Balaban J connectivity index is 1.98. The first kappa shape index (κ1) is 24.1. The van der Waals surface area contributed by atoms with Crippen LogP contribution < -0.4 is 11.2 Å². The van der Waals surface area contributed by atoms with Crippen LogP contribution in [0.1, 0.15) is 50.8 Å². The third kappa shape index (κ3) is 4.53. The SMILES string of the molecule is CCOC(=O)[C@H](C)n1cnc2c1c(=O)n(Cc1ccc(F)cc1)c(=O)n2-c1ccc(C(C)C)cc1. The molecule has 0 fully saturated rings. The monoisotopic (exact) mass is 478 g/mol. The molecule has 2 aromatic carbocycles. The van der Waals surface area contributed by atoms with Gasteiger partial charge in [-0.05, 0) is 55.2 Å². The van der Waals surface area contributed by atoms with Gasteiger partial charge in [-0.25, -0.2) is 23.5 Å². The van der Waals surface area contributed by atoms with Gasteiger partial charge >= 0.3 is 11.7 Å². The number of halogens is 1. The van der Waals surface area contributed by atoms with Gasteiger partial charge in [0, 0.05) is 0 Å². The fourth-order valence-electron chi connectivity index (χ4n) is 3.97.